The lowest BCUT2D eigenvalue weighted by atomic mass is 9.87. The van der Waals surface area contributed by atoms with Crippen LogP contribution < -0.4 is 0 Å². The second-order valence-corrected chi connectivity index (χ2v) is 11.4. The van der Waals surface area contributed by atoms with Crippen LogP contribution in [0.4, 0.5) is 0 Å². The smallest absolute Gasteiger partial charge is 0.344 e. The van der Waals surface area contributed by atoms with Gasteiger partial charge in [-0.2, -0.15) is 0 Å². The van der Waals surface area contributed by atoms with Crippen molar-refractivity contribution in [2.75, 3.05) is 52.9 Å². The highest BCUT2D eigenvalue weighted by molar-refractivity contribution is 5.95. The molecule has 0 fully saturated rings. The maximum atomic E-state index is 12.6. The van der Waals surface area contributed by atoms with Gasteiger partial charge in [-0.3, -0.25) is 14.4 Å². The number of esters is 6. The van der Waals surface area contributed by atoms with Crippen molar-refractivity contribution in [3.05, 3.63) is 33.6 Å². The average Bonchev–Trinajstić information content (AvgIpc) is 3.11. The van der Waals surface area contributed by atoms with Gasteiger partial charge in [0, 0.05) is 12.8 Å². The summed E-state index contributed by atoms with van der Waals surface area (Å²) < 4.78 is 30.2. The number of carbonyl (C=O) groups excluding carboxylic acids is 6. The molecule has 1 rings (SSSR count). The van der Waals surface area contributed by atoms with Gasteiger partial charge < -0.3 is 43.5 Å². The molecule has 0 saturated heterocycles. The van der Waals surface area contributed by atoms with E-state index in [-0.39, 0.29) is 57.0 Å². The molecule has 0 bridgehead atoms. The Hall–Kier alpha value is -4.58. The van der Waals surface area contributed by atoms with Crippen LogP contribution in [0.25, 0.3) is 0 Å². The van der Waals surface area contributed by atoms with Crippen LogP contribution in [-0.2, 0) is 62.0 Å². The van der Waals surface area contributed by atoms with E-state index in [1.54, 1.807) is 13.0 Å². The van der Waals surface area contributed by atoms with Gasteiger partial charge in [-0.1, -0.05) is 13.0 Å². The normalized spacial score (nSPS) is 12.5. The number of carbonyl (C=O) groups is 6. The Morgan fingerprint density at radius 3 is 1.84 bits per heavy atom. The van der Waals surface area contributed by atoms with Crippen molar-refractivity contribution in [3.8, 4) is 0 Å². The number of nitrogens with zero attached hydrogens (tertiary/aromatic N) is 1. The predicted molar refractivity (Wildman–Crippen MR) is 172 cm³/mol. The Kier molecular flexibility index (Phi) is 22.9. The number of hydrogen-bond acceptors (Lipinski definition) is 17. The first-order valence-corrected chi connectivity index (χ1v) is 16.9. The number of unbranched alkanes of at least 4 members (excludes halogenated alkanes) is 5. The minimum Gasteiger partial charge on any atom is -0.466 e. The first-order chi connectivity index (χ1) is 24.5. The number of aliphatic hydroxyl groups is 2. The summed E-state index contributed by atoms with van der Waals surface area (Å²) in [5.74, 6) is -4.43. The molecular formula is C33H49NO17. The van der Waals surface area contributed by atoms with Gasteiger partial charge in [0.2, 0.25) is 0 Å². The molecule has 0 aliphatic heterocycles. The van der Waals surface area contributed by atoms with E-state index in [0.29, 0.717) is 64.2 Å². The van der Waals surface area contributed by atoms with Crippen LogP contribution >= 0.6 is 0 Å². The third-order valence-corrected chi connectivity index (χ3v) is 7.49. The summed E-state index contributed by atoms with van der Waals surface area (Å²) in [5.41, 5.74) is -1.37. The summed E-state index contributed by atoms with van der Waals surface area (Å²) in [6.45, 7) is -0.740. The van der Waals surface area contributed by atoms with Crippen molar-refractivity contribution in [1.82, 2.24) is 0 Å². The van der Waals surface area contributed by atoms with Gasteiger partial charge in [-0.25, -0.2) is 14.4 Å². The van der Waals surface area contributed by atoms with E-state index in [2.05, 4.69) is 4.84 Å². The molecule has 0 amide bonds. The average molecular weight is 732 g/mol. The van der Waals surface area contributed by atoms with E-state index in [0.717, 1.165) is 0 Å². The Morgan fingerprint density at radius 2 is 1.22 bits per heavy atom. The topological polar surface area (TPSA) is 251 Å². The third-order valence-electron chi connectivity index (χ3n) is 7.49. The molecule has 51 heavy (non-hydrogen) atoms. The molecule has 0 spiro atoms. The fraction of sp³-hybridized carbons (Fsp3) is 0.697. The van der Waals surface area contributed by atoms with Crippen molar-refractivity contribution in [3.63, 3.8) is 0 Å². The summed E-state index contributed by atoms with van der Waals surface area (Å²) in [5, 5.41) is 28.0. The molecule has 0 unspecified atom stereocenters. The Morgan fingerprint density at radius 1 is 0.686 bits per heavy atom. The molecule has 0 aromatic carbocycles. The van der Waals surface area contributed by atoms with Crippen LogP contribution in [0.5, 0.6) is 0 Å². The molecule has 1 aliphatic carbocycles. The highest BCUT2D eigenvalue weighted by atomic mass is 16.9. The predicted octanol–water partition coefficient (Wildman–Crippen LogP) is 2.34. The van der Waals surface area contributed by atoms with E-state index >= 15 is 0 Å². The number of aliphatic hydroxyl groups excluding tert-OH is 2. The summed E-state index contributed by atoms with van der Waals surface area (Å²) in [6, 6.07) is 0. The zero-order valence-electron chi connectivity index (χ0n) is 29.0. The molecule has 0 saturated carbocycles. The fourth-order valence-electron chi connectivity index (χ4n) is 4.28. The lowest BCUT2D eigenvalue weighted by Gasteiger charge is -2.25. The SMILES string of the molecule is CCC(CO)(CO)C(=O)OCCCCCC(=O)OC1=CCCC=C1C(=O)OCC(=O)OCC(=O)OCCCCCC(=O)OCCCCO[N+](=O)[O-]. The number of hydrogen-bond donors (Lipinski definition) is 2. The second kappa shape index (κ2) is 26.3. The van der Waals surface area contributed by atoms with Crippen molar-refractivity contribution in [2.24, 2.45) is 5.41 Å². The van der Waals surface area contributed by atoms with Crippen LogP contribution in [0.15, 0.2) is 23.5 Å². The monoisotopic (exact) mass is 731 g/mol. The minimum absolute atomic E-state index is 0.000811. The Balaban J connectivity index is 2.20. The zero-order valence-corrected chi connectivity index (χ0v) is 29.0. The van der Waals surface area contributed by atoms with Gasteiger partial charge in [0.15, 0.2) is 13.2 Å². The molecular weight excluding hydrogens is 682 g/mol. The number of rotatable bonds is 28. The summed E-state index contributed by atoms with van der Waals surface area (Å²) >= 11 is 0. The number of ether oxygens (including phenoxy) is 6. The molecule has 18 heteroatoms. The van der Waals surface area contributed by atoms with Crippen molar-refractivity contribution in [2.45, 2.75) is 90.4 Å². The van der Waals surface area contributed by atoms with Crippen molar-refractivity contribution in [1.29, 1.82) is 0 Å². The largest absolute Gasteiger partial charge is 0.466 e. The minimum atomic E-state index is -1.34. The summed E-state index contributed by atoms with van der Waals surface area (Å²) in [7, 11) is 0. The molecule has 18 nitrogen and oxygen atoms in total. The molecule has 1 aliphatic rings. The van der Waals surface area contributed by atoms with E-state index in [9.17, 15) is 49.1 Å². The maximum Gasteiger partial charge on any atom is 0.344 e. The standard InChI is InChI=1S/C33H49NO17/c1-2-33(23-35,24-36)32(42)47-19-10-4-6-16-28(38)51-26-14-8-7-13-25(26)31(41)49-22-30(40)48-21-29(39)46-17-9-3-5-15-27(37)45-18-11-12-20-50-34(43)44/h13-14,35-36H,2-12,15-24H2,1H3. The van der Waals surface area contributed by atoms with Crippen LogP contribution in [0.3, 0.4) is 0 Å². The molecule has 0 aromatic heterocycles. The molecule has 0 heterocycles. The van der Waals surface area contributed by atoms with Gasteiger partial charge in [0.25, 0.3) is 5.09 Å². The Labute approximate surface area is 295 Å². The van der Waals surface area contributed by atoms with Crippen LogP contribution in [-0.4, -0.2) is 104 Å². The van der Waals surface area contributed by atoms with Crippen LogP contribution in [0.2, 0.25) is 0 Å². The highest BCUT2D eigenvalue weighted by Gasteiger charge is 2.37. The maximum absolute atomic E-state index is 12.6. The van der Waals surface area contributed by atoms with Gasteiger partial charge in [-0.05, 0) is 76.7 Å². The van der Waals surface area contributed by atoms with E-state index < -0.39 is 72.7 Å². The fourth-order valence-corrected chi connectivity index (χ4v) is 4.28. The quantitative estimate of drug-likeness (QED) is 0.0385. The lowest BCUT2D eigenvalue weighted by Crippen LogP contribution is -2.39. The summed E-state index contributed by atoms with van der Waals surface area (Å²) in [6.07, 6.45) is 8.16. The molecule has 0 aromatic rings. The number of allylic oxidation sites excluding steroid dienone is 2. The Bertz CT molecular complexity index is 1200. The molecule has 0 atom stereocenters. The first kappa shape index (κ1) is 44.4. The molecule has 288 valence electrons. The van der Waals surface area contributed by atoms with E-state index in [4.69, 9.17) is 28.4 Å². The van der Waals surface area contributed by atoms with Gasteiger partial charge in [0.05, 0.1) is 45.2 Å². The van der Waals surface area contributed by atoms with Crippen LogP contribution in [0, 0.1) is 15.5 Å². The van der Waals surface area contributed by atoms with E-state index in [1.165, 1.54) is 6.08 Å². The van der Waals surface area contributed by atoms with E-state index in [1.807, 2.05) is 0 Å². The third kappa shape index (κ3) is 19.4. The highest BCUT2D eigenvalue weighted by Crippen LogP contribution is 2.24. The van der Waals surface area contributed by atoms with Gasteiger partial charge >= 0.3 is 35.8 Å². The zero-order chi connectivity index (χ0) is 37.9. The van der Waals surface area contributed by atoms with Gasteiger partial charge in [-0.15, -0.1) is 10.1 Å². The summed E-state index contributed by atoms with van der Waals surface area (Å²) in [4.78, 5) is 86.8. The molecule has 2 N–H and O–H groups in total. The first-order valence-electron chi connectivity index (χ1n) is 16.9. The van der Waals surface area contributed by atoms with Crippen molar-refractivity contribution >= 4 is 35.8 Å². The second-order valence-electron chi connectivity index (χ2n) is 11.4. The molecule has 0 radical (unpaired) electrons. The van der Waals surface area contributed by atoms with Crippen molar-refractivity contribution < 1.29 is 77.3 Å². The van der Waals surface area contributed by atoms with Gasteiger partial charge in [0.1, 0.15) is 11.2 Å². The lowest BCUT2D eigenvalue weighted by molar-refractivity contribution is -0.757. The van der Waals surface area contributed by atoms with Crippen LogP contribution in [0.1, 0.15) is 90.4 Å².